The van der Waals surface area contributed by atoms with Crippen LogP contribution in [-0.2, 0) is 4.79 Å². The first-order valence-corrected chi connectivity index (χ1v) is 8.35. The molecular formula is C16H22N6O3. The molecule has 0 aliphatic heterocycles. The van der Waals surface area contributed by atoms with Gasteiger partial charge in [0.15, 0.2) is 0 Å². The van der Waals surface area contributed by atoms with Gasteiger partial charge in [-0.05, 0) is 39.3 Å². The number of amides is 1. The Morgan fingerprint density at radius 2 is 2.08 bits per heavy atom. The Morgan fingerprint density at radius 1 is 1.36 bits per heavy atom. The molecule has 25 heavy (non-hydrogen) atoms. The van der Waals surface area contributed by atoms with Crippen molar-refractivity contribution >= 4 is 17.7 Å². The van der Waals surface area contributed by atoms with Crippen LogP contribution in [0, 0.1) is 13.8 Å². The highest BCUT2D eigenvalue weighted by Gasteiger charge is 2.35. The Bertz CT molecular complexity index is 812. The van der Waals surface area contributed by atoms with E-state index in [2.05, 4.69) is 20.4 Å². The van der Waals surface area contributed by atoms with Crippen molar-refractivity contribution in [2.24, 2.45) is 0 Å². The van der Waals surface area contributed by atoms with Crippen molar-refractivity contribution in [3.63, 3.8) is 0 Å². The van der Waals surface area contributed by atoms with Crippen LogP contribution < -0.4 is 5.32 Å². The molecule has 2 aromatic heterocycles. The van der Waals surface area contributed by atoms with Crippen LogP contribution in [0.4, 0.5) is 0 Å². The molecular weight excluding hydrogens is 324 g/mol. The third-order valence-corrected chi connectivity index (χ3v) is 4.53. The first kappa shape index (κ1) is 17.3. The van der Waals surface area contributed by atoms with E-state index in [0.717, 1.165) is 24.2 Å². The summed E-state index contributed by atoms with van der Waals surface area (Å²) in [6.45, 7) is 6.39. The fourth-order valence-electron chi connectivity index (χ4n) is 3.19. The fraction of sp³-hybridized carbons (Fsp3) is 0.562. The van der Waals surface area contributed by atoms with Crippen molar-refractivity contribution in [3.8, 4) is 0 Å². The third-order valence-electron chi connectivity index (χ3n) is 4.53. The Labute approximate surface area is 145 Å². The smallest absolute Gasteiger partial charge is 0.317 e. The van der Waals surface area contributed by atoms with E-state index < -0.39 is 5.97 Å². The number of nitrogens with one attached hydrogen (secondary N) is 1. The van der Waals surface area contributed by atoms with E-state index in [4.69, 9.17) is 5.11 Å². The van der Waals surface area contributed by atoms with Crippen molar-refractivity contribution in [2.45, 2.75) is 45.7 Å². The summed E-state index contributed by atoms with van der Waals surface area (Å²) >= 11 is 0. The molecule has 134 valence electrons. The summed E-state index contributed by atoms with van der Waals surface area (Å²) in [5.74, 6) is -0.649. The van der Waals surface area contributed by atoms with E-state index in [-0.39, 0.29) is 30.4 Å². The lowest BCUT2D eigenvalue weighted by Crippen LogP contribution is -2.54. The molecule has 0 atom stereocenters. The van der Waals surface area contributed by atoms with Crippen molar-refractivity contribution in [2.75, 3.05) is 13.1 Å². The van der Waals surface area contributed by atoms with Crippen LogP contribution >= 0.6 is 0 Å². The van der Waals surface area contributed by atoms with Gasteiger partial charge >= 0.3 is 5.97 Å². The maximum absolute atomic E-state index is 12.4. The van der Waals surface area contributed by atoms with Gasteiger partial charge in [-0.25, -0.2) is 9.50 Å². The molecule has 1 amide bonds. The maximum Gasteiger partial charge on any atom is 0.317 e. The fourth-order valence-corrected chi connectivity index (χ4v) is 3.19. The number of hydrogen-bond acceptors (Lipinski definition) is 6. The number of aliphatic carboxylic acids is 1. The Balaban J connectivity index is 1.61. The lowest BCUT2D eigenvalue weighted by atomic mass is 9.85. The quantitative estimate of drug-likeness (QED) is 0.779. The van der Waals surface area contributed by atoms with E-state index in [0.29, 0.717) is 12.3 Å². The Hall–Kier alpha value is -2.55. The monoisotopic (exact) mass is 346 g/mol. The number of carboxylic acid groups (broad SMARTS) is 1. The molecule has 0 radical (unpaired) electrons. The van der Waals surface area contributed by atoms with Gasteiger partial charge < -0.3 is 10.4 Å². The van der Waals surface area contributed by atoms with Gasteiger partial charge in [0.05, 0.1) is 6.54 Å². The first-order valence-electron chi connectivity index (χ1n) is 8.35. The molecule has 0 bridgehead atoms. The number of rotatable bonds is 6. The van der Waals surface area contributed by atoms with Crippen molar-refractivity contribution < 1.29 is 14.7 Å². The van der Waals surface area contributed by atoms with Gasteiger partial charge in [-0.15, -0.1) is 5.10 Å². The number of fused-ring (bicyclic) bond motifs is 1. The molecule has 2 N–H and O–H groups in total. The van der Waals surface area contributed by atoms with Crippen molar-refractivity contribution in [1.82, 2.24) is 29.8 Å². The van der Waals surface area contributed by atoms with Crippen LogP contribution in [0.2, 0.25) is 0 Å². The Morgan fingerprint density at radius 3 is 2.72 bits per heavy atom. The zero-order valence-corrected chi connectivity index (χ0v) is 14.6. The molecule has 0 unspecified atom stereocenters. The number of nitrogens with zero attached hydrogens (tertiary/aromatic N) is 5. The average Bonchev–Trinajstić information content (AvgIpc) is 2.92. The van der Waals surface area contributed by atoms with E-state index in [9.17, 15) is 9.59 Å². The molecule has 9 nitrogen and oxygen atoms in total. The van der Waals surface area contributed by atoms with E-state index >= 15 is 0 Å². The lowest BCUT2D eigenvalue weighted by molar-refractivity contribution is -0.139. The highest BCUT2D eigenvalue weighted by atomic mass is 16.4. The van der Waals surface area contributed by atoms with E-state index in [1.54, 1.807) is 4.52 Å². The summed E-state index contributed by atoms with van der Waals surface area (Å²) in [6.07, 6.45) is 1.47. The van der Waals surface area contributed by atoms with Gasteiger partial charge in [0, 0.05) is 23.5 Å². The summed E-state index contributed by atoms with van der Waals surface area (Å²) < 4.78 is 1.55. The normalized spacial score (nSPS) is 19.8. The lowest BCUT2D eigenvalue weighted by Gasteiger charge is -2.42. The van der Waals surface area contributed by atoms with Crippen molar-refractivity contribution in [1.29, 1.82) is 0 Å². The number of carbonyl (C=O) groups excluding carboxylic acids is 1. The van der Waals surface area contributed by atoms with Gasteiger partial charge in [-0.2, -0.15) is 4.98 Å². The highest BCUT2D eigenvalue weighted by Crippen LogP contribution is 2.25. The van der Waals surface area contributed by atoms with E-state index in [1.165, 1.54) is 0 Å². The standard InChI is InChI=1S/C16H22N6O3/c1-4-21(8-13(23)24)12-6-11(7-12)18-15(25)14-19-16-17-9(2)5-10(3)22(16)20-14/h5,11-12H,4,6-8H2,1-3H3,(H,18,25)(H,23,24). The number of carboxylic acids is 1. The minimum Gasteiger partial charge on any atom is -0.480 e. The number of aryl methyl sites for hydroxylation is 2. The van der Waals surface area contributed by atoms with Gasteiger partial charge in [0.25, 0.3) is 11.7 Å². The summed E-state index contributed by atoms with van der Waals surface area (Å²) in [4.78, 5) is 33.6. The van der Waals surface area contributed by atoms with Crippen LogP contribution in [0.25, 0.3) is 5.78 Å². The molecule has 0 aromatic carbocycles. The second-order valence-corrected chi connectivity index (χ2v) is 6.44. The average molecular weight is 346 g/mol. The molecule has 1 aliphatic carbocycles. The third kappa shape index (κ3) is 3.60. The Kier molecular flexibility index (Phi) is 4.67. The molecule has 1 fully saturated rings. The zero-order valence-electron chi connectivity index (χ0n) is 14.6. The summed E-state index contributed by atoms with van der Waals surface area (Å²) in [5, 5.41) is 16.0. The summed E-state index contributed by atoms with van der Waals surface area (Å²) in [5.41, 5.74) is 1.69. The second-order valence-electron chi connectivity index (χ2n) is 6.44. The molecule has 1 aliphatic rings. The second kappa shape index (κ2) is 6.75. The number of carbonyl (C=O) groups is 2. The van der Waals surface area contributed by atoms with Crippen LogP contribution in [0.5, 0.6) is 0 Å². The topological polar surface area (TPSA) is 113 Å². The summed E-state index contributed by atoms with van der Waals surface area (Å²) in [7, 11) is 0. The van der Waals surface area contributed by atoms with Gasteiger partial charge in [0.2, 0.25) is 5.82 Å². The molecule has 0 saturated heterocycles. The molecule has 3 rings (SSSR count). The van der Waals surface area contributed by atoms with Gasteiger partial charge in [-0.3, -0.25) is 14.5 Å². The molecule has 0 spiro atoms. The number of aromatic nitrogens is 4. The number of hydrogen-bond donors (Lipinski definition) is 2. The molecule has 2 heterocycles. The molecule has 9 heteroatoms. The minimum atomic E-state index is -0.832. The van der Waals surface area contributed by atoms with Gasteiger partial charge in [-0.1, -0.05) is 6.92 Å². The van der Waals surface area contributed by atoms with Crippen LogP contribution in [-0.4, -0.2) is 66.6 Å². The summed E-state index contributed by atoms with van der Waals surface area (Å²) in [6, 6.07) is 2.08. The maximum atomic E-state index is 12.4. The van der Waals surface area contributed by atoms with Crippen LogP contribution in [0.15, 0.2) is 6.07 Å². The molecule has 2 aromatic rings. The minimum absolute atomic E-state index is 0.0164. The predicted molar refractivity (Wildman–Crippen MR) is 89.4 cm³/mol. The molecule has 1 saturated carbocycles. The predicted octanol–water partition coefficient (Wildman–Crippen LogP) is 0.408. The zero-order chi connectivity index (χ0) is 18.1. The first-order chi connectivity index (χ1) is 11.9. The van der Waals surface area contributed by atoms with Crippen molar-refractivity contribution in [3.05, 3.63) is 23.3 Å². The largest absolute Gasteiger partial charge is 0.480 e. The number of likely N-dealkylation sites (N-methyl/N-ethyl adjacent to an activating group) is 1. The van der Waals surface area contributed by atoms with E-state index in [1.807, 2.05) is 31.7 Å². The van der Waals surface area contributed by atoms with Crippen LogP contribution in [0.1, 0.15) is 41.8 Å². The SMILES string of the molecule is CCN(CC(=O)O)C1CC(NC(=O)c2nc3nc(C)cc(C)n3n2)C1. The van der Waals surface area contributed by atoms with Crippen LogP contribution in [0.3, 0.4) is 0 Å². The highest BCUT2D eigenvalue weighted by molar-refractivity contribution is 5.91. The van der Waals surface area contributed by atoms with Gasteiger partial charge in [0.1, 0.15) is 0 Å².